The van der Waals surface area contributed by atoms with Gasteiger partial charge in [-0.1, -0.05) is 19.1 Å². The van der Waals surface area contributed by atoms with Crippen LogP contribution in [0.25, 0.3) is 5.57 Å². The molecule has 1 amide bonds. The second-order valence-electron chi connectivity index (χ2n) is 12.7. The number of amides is 1. The van der Waals surface area contributed by atoms with Gasteiger partial charge in [0.2, 0.25) is 5.78 Å². The first kappa shape index (κ1) is 28.6. The zero-order valence-electron chi connectivity index (χ0n) is 24.6. The van der Waals surface area contributed by atoms with E-state index in [4.69, 9.17) is 9.47 Å². The Labute approximate surface area is 231 Å². The van der Waals surface area contributed by atoms with Gasteiger partial charge in [0, 0.05) is 29.9 Å². The first-order valence-electron chi connectivity index (χ1n) is 13.8. The molecule has 0 spiro atoms. The van der Waals surface area contributed by atoms with Gasteiger partial charge in [0.15, 0.2) is 5.82 Å². The number of aryl methyl sites for hydroxylation is 1. The van der Waals surface area contributed by atoms with Gasteiger partial charge in [0.25, 0.3) is 0 Å². The van der Waals surface area contributed by atoms with Crippen LogP contribution in [0.3, 0.4) is 0 Å². The highest BCUT2D eigenvalue weighted by atomic mass is 16.6. The minimum Gasteiger partial charge on any atom is -0.460 e. The van der Waals surface area contributed by atoms with Crippen LogP contribution in [0.5, 0.6) is 0 Å². The zero-order valence-corrected chi connectivity index (χ0v) is 24.6. The molecule has 1 aliphatic heterocycles. The van der Waals surface area contributed by atoms with E-state index in [1.807, 2.05) is 57.4 Å². The van der Waals surface area contributed by atoms with Crippen molar-refractivity contribution >= 4 is 29.1 Å². The SMILES string of the molecule is CCc1ccc2c(c1)C1=CC[C@@H](C(=O)c3nccn3C(C)C)[C@H](C(=O)OC(C)(C)C)[C@@H]1N2C(=O)OC(C)(C)C. The van der Waals surface area contributed by atoms with Crippen molar-refractivity contribution in [3.8, 4) is 0 Å². The number of anilines is 1. The largest absolute Gasteiger partial charge is 0.460 e. The molecule has 1 aliphatic carbocycles. The third kappa shape index (κ3) is 5.65. The third-order valence-corrected chi connectivity index (χ3v) is 7.05. The van der Waals surface area contributed by atoms with Crippen LogP contribution >= 0.6 is 0 Å². The van der Waals surface area contributed by atoms with E-state index in [2.05, 4.69) is 18.0 Å². The second-order valence-corrected chi connectivity index (χ2v) is 12.7. The van der Waals surface area contributed by atoms with Crippen LogP contribution in [0.2, 0.25) is 0 Å². The van der Waals surface area contributed by atoms with Crippen LogP contribution in [0.1, 0.15) is 96.5 Å². The minimum atomic E-state index is -0.945. The monoisotopic (exact) mass is 535 g/mol. The van der Waals surface area contributed by atoms with Crippen molar-refractivity contribution in [3.05, 3.63) is 53.6 Å². The molecule has 210 valence electrons. The summed E-state index contributed by atoms with van der Waals surface area (Å²) in [7, 11) is 0. The number of carbonyl (C=O) groups is 3. The minimum absolute atomic E-state index is 0.0163. The van der Waals surface area contributed by atoms with E-state index in [9.17, 15) is 14.4 Å². The van der Waals surface area contributed by atoms with Crippen LogP contribution in [-0.4, -0.2) is 44.6 Å². The molecule has 0 N–H and O–H groups in total. The zero-order chi connectivity index (χ0) is 28.9. The summed E-state index contributed by atoms with van der Waals surface area (Å²) in [6.45, 7) is 16.9. The normalized spacial score (nSPS) is 20.8. The molecule has 0 fully saturated rings. The number of aromatic nitrogens is 2. The lowest BCUT2D eigenvalue weighted by molar-refractivity contribution is -0.161. The summed E-state index contributed by atoms with van der Waals surface area (Å²) >= 11 is 0. The quantitative estimate of drug-likeness (QED) is 0.325. The van der Waals surface area contributed by atoms with E-state index in [0.717, 1.165) is 23.1 Å². The average molecular weight is 536 g/mol. The number of imidazole rings is 1. The highest BCUT2D eigenvalue weighted by Gasteiger charge is 2.54. The number of esters is 1. The maximum absolute atomic E-state index is 14.1. The van der Waals surface area contributed by atoms with E-state index < -0.39 is 41.1 Å². The molecular weight excluding hydrogens is 494 g/mol. The molecule has 2 aromatic rings. The van der Waals surface area contributed by atoms with E-state index in [-0.39, 0.29) is 11.8 Å². The molecule has 0 radical (unpaired) electrons. The van der Waals surface area contributed by atoms with Crippen molar-refractivity contribution in [1.29, 1.82) is 0 Å². The van der Waals surface area contributed by atoms with Crippen molar-refractivity contribution in [2.45, 2.75) is 98.4 Å². The highest BCUT2D eigenvalue weighted by molar-refractivity contribution is 6.06. The maximum Gasteiger partial charge on any atom is 0.415 e. The first-order valence-corrected chi connectivity index (χ1v) is 13.8. The molecule has 2 aliphatic rings. The van der Waals surface area contributed by atoms with Gasteiger partial charge in [-0.3, -0.25) is 14.5 Å². The molecule has 0 saturated heterocycles. The number of Topliss-reactive ketones (excluding diaryl/α,β-unsaturated/α-hetero) is 1. The van der Waals surface area contributed by atoms with Crippen LogP contribution in [0.4, 0.5) is 10.5 Å². The molecule has 0 bridgehead atoms. The third-order valence-electron chi connectivity index (χ3n) is 7.05. The Bertz CT molecular complexity index is 1310. The molecule has 1 aromatic carbocycles. The van der Waals surface area contributed by atoms with E-state index >= 15 is 0 Å². The molecule has 3 atom stereocenters. The summed E-state index contributed by atoms with van der Waals surface area (Å²) in [5, 5.41) is 0. The molecular formula is C31H41N3O5. The smallest absolute Gasteiger partial charge is 0.415 e. The average Bonchev–Trinajstić information content (AvgIpc) is 3.43. The Morgan fingerprint density at radius 3 is 2.31 bits per heavy atom. The lowest BCUT2D eigenvalue weighted by Crippen LogP contribution is -2.52. The summed E-state index contributed by atoms with van der Waals surface area (Å²) in [5.41, 5.74) is 1.99. The first-order chi connectivity index (χ1) is 18.1. The van der Waals surface area contributed by atoms with Crippen LogP contribution in [0, 0.1) is 11.8 Å². The van der Waals surface area contributed by atoms with Crippen molar-refractivity contribution in [3.63, 3.8) is 0 Å². The molecule has 1 aromatic heterocycles. The summed E-state index contributed by atoms with van der Waals surface area (Å²) in [6, 6.07) is 5.23. The number of nitrogens with zero attached hydrogens (tertiary/aromatic N) is 3. The van der Waals surface area contributed by atoms with Gasteiger partial charge in [-0.25, -0.2) is 9.78 Å². The van der Waals surface area contributed by atoms with Gasteiger partial charge in [-0.15, -0.1) is 0 Å². The van der Waals surface area contributed by atoms with E-state index in [1.54, 1.807) is 38.1 Å². The number of allylic oxidation sites excluding steroid dienone is 1. The molecule has 2 heterocycles. The summed E-state index contributed by atoms with van der Waals surface area (Å²) in [5.74, 6) is -2.17. The van der Waals surface area contributed by atoms with Gasteiger partial charge < -0.3 is 14.0 Å². The fourth-order valence-corrected chi connectivity index (χ4v) is 5.44. The van der Waals surface area contributed by atoms with Crippen LogP contribution in [0.15, 0.2) is 36.7 Å². The number of hydrogen-bond acceptors (Lipinski definition) is 6. The van der Waals surface area contributed by atoms with Gasteiger partial charge in [-0.2, -0.15) is 0 Å². The van der Waals surface area contributed by atoms with Crippen molar-refractivity contribution < 1.29 is 23.9 Å². The predicted octanol–water partition coefficient (Wildman–Crippen LogP) is 6.39. The Kier molecular flexibility index (Phi) is 7.54. The number of rotatable bonds is 5. The number of ketones is 1. The molecule has 8 nitrogen and oxygen atoms in total. The molecule has 0 unspecified atom stereocenters. The van der Waals surface area contributed by atoms with Gasteiger partial charge in [-0.05, 0) is 91.5 Å². The Balaban J connectivity index is 1.89. The van der Waals surface area contributed by atoms with Crippen LogP contribution in [-0.2, 0) is 20.7 Å². The van der Waals surface area contributed by atoms with Gasteiger partial charge >= 0.3 is 12.1 Å². The number of benzene rings is 1. The number of carbonyl (C=O) groups excluding carboxylic acids is 3. The second kappa shape index (κ2) is 10.3. The standard InChI is InChI=1S/C31H41N3O5/c1-10-19-11-14-23-22(17-19)20-12-13-21(26(35)27-32-15-16-33(27)18(2)3)24(28(36)38-30(4,5)6)25(20)34(23)29(37)39-31(7,8)9/h11-12,14-18,21,24-25H,10,13H2,1-9H3/t21-,24+,25-/m1/s1. The fourth-order valence-electron chi connectivity index (χ4n) is 5.44. The number of hydrogen-bond donors (Lipinski definition) is 0. The van der Waals surface area contributed by atoms with Crippen molar-refractivity contribution in [1.82, 2.24) is 9.55 Å². The maximum atomic E-state index is 14.1. The Morgan fingerprint density at radius 2 is 1.72 bits per heavy atom. The lowest BCUT2D eigenvalue weighted by Gasteiger charge is -2.39. The molecule has 0 saturated carbocycles. The summed E-state index contributed by atoms with van der Waals surface area (Å²) in [6.07, 6.45) is 5.97. The lowest BCUT2D eigenvalue weighted by atomic mass is 9.73. The Morgan fingerprint density at radius 1 is 1.05 bits per heavy atom. The van der Waals surface area contributed by atoms with E-state index in [1.165, 1.54) is 0 Å². The summed E-state index contributed by atoms with van der Waals surface area (Å²) < 4.78 is 13.6. The fraction of sp³-hybridized carbons (Fsp3) is 0.548. The van der Waals surface area contributed by atoms with Crippen LogP contribution < -0.4 is 4.90 Å². The highest BCUT2D eigenvalue weighted by Crippen LogP contribution is 2.50. The molecule has 39 heavy (non-hydrogen) atoms. The van der Waals surface area contributed by atoms with Gasteiger partial charge in [0.05, 0.1) is 17.6 Å². The predicted molar refractivity (Wildman–Crippen MR) is 151 cm³/mol. The van der Waals surface area contributed by atoms with Crippen molar-refractivity contribution in [2.75, 3.05) is 4.90 Å². The topological polar surface area (TPSA) is 90.7 Å². The number of fused-ring (bicyclic) bond motifs is 3. The van der Waals surface area contributed by atoms with Gasteiger partial charge in [0.1, 0.15) is 11.2 Å². The number of ether oxygens (including phenoxy) is 2. The Hall–Kier alpha value is -3.42. The van der Waals surface area contributed by atoms with E-state index in [0.29, 0.717) is 17.9 Å². The summed E-state index contributed by atoms with van der Waals surface area (Å²) in [4.78, 5) is 47.7. The molecule has 4 rings (SSSR count). The molecule has 8 heteroatoms. The van der Waals surface area contributed by atoms with Crippen molar-refractivity contribution in [2.24, 2.45) is 11.8 Å².